The van der Waals surface area contributed by atoms with Crippen molar-refractivity contribution in [1.82, 2.24) is 0 Å². The second kappa shape index (κ2) is 55.2. The summed E-state index contributed by atoms with van der Waals surface area (Å²) in [5, 5.41) is 0. The molecule has 0 saturated carbocycles. The van der Waals surface area contributed by atoms with E-state index in [0.29, 0.717) is 19.3 Å². The normalized spacial score (nSPS) is 12.7. The summed E-state index contributed by atoms with van der Waals surface area (Å²) < 4.78 is 16.8. The summed E-state index contributed by atoms with van der Waals surface area (Å²) in [6, 6.07) is 0. The van der Waals surface area contributed by atoms with Crippen molar-refractivity contribution in [3.63, 3.8) is 0 Å². The zero-order valence-electron chi connectivity index (χ0n) is 43.9. The summed E-state index contributed by atoms with van der Waals surface area (Å²) in [5.74, 6) is -0.936. The third-order valence-electron chi connectivity index (χ3n) is 11.9. The van der Waals surface area contributed by atoms with Crippen molar-refractivity contribution in [2.75, 3.05) is 13.2 Å². The van der Waals surface area contributed by atoms with Gasteiger partial charge in [-0.3, -0.25) is 14.4 Å². The van der Waals surface area contributed by atoms with Gasteiger partial charge in [-0.15, -0.1) is 0 Å². The standard InChI is InChI=1S/C61H104O6/c1-4-7-10-13-16-19-21-23-25-27-29-30-32-33-35-37-39-42-45-48-51-54-60(63)66-57-58(56-65-59(62)53-50-47-44-41-18-15-12-9-6-3)67-61(64)55-52-49-46-43-40-38-36-34-31-28-26-24-22-20-17-14-11-8-5-2/h7,10,16,19,23-26,29-30,33,35,39,42,58H,4-6,8-9,11-15,17-18,20-22,27-28,31-32,34,36-38,40-41,43-57H2,1-3H3/b10-7-,19-16-,25-23-,26-24-,30-29-,35-33-,42-39-. The molecule has 0 radical (unpaired) electrons. The Bertz CT molecular complexity index is 1300. The maximum atomic E-state index is 12.8. The second-order valence-corrected chi connectivity index (χ2v) is 18.5. The fourth-order valence-electron chi connectivity index (χ4n) is 7.68. The molecule has 0 fully saturated rings. The fourth-order valence-corrected chi connectivity index (χ4v) is 7.68. The lowest BCUT2D eigenvalue weighted by atomic mass is 10.1. The number of rotatable bonds is 50. The van der Waals surface area contributed by atoms with Crippen LogP contribution in [0.1, 0.15) is 265 Å². The Morgan fingerprint density at radius 2 is 0.582 bits per heavy atom. The van der Waals surface area contributed by atoms with E-state index in [4.69, 9.17) is 14.2 Å². The van der Waals surface area contributed by atoms with E-state index in [1.54, 1.807) is 0 Å². The molecule has 0 amide bonds. The van der Waals surface area contributed by atoms with Crippen LogP contribution in [0.25, 0.3) is 0 Å². The minimum Gasteiger partial charge on any atom is -0.462 e. The summed E-state index contributed by atoms with van der Waals surface area (Å²) in [5.41, 5.74) is 0. The Morgan fingerprint density at radius 3 is 0.955 bits per heavy atom. The fraction of sp³-hybridized carbons (Fsp3) is 0.721. The van der Waals surface area contributed by atoms with Crippen LogP contribution < -0.4 is 0 Å². The Morgan fingerprint density at radius 1 is 0.313 bits per heavy atom. The third kappa shape index (κ3) is 53.4. The molecule has 0 bridgehead atoms. The molecule has 0 aromatic carbocycles. The molecule has 6 heteroatoms. The molecular weight excluding hydrogens is 829 g/mol. The van der Waals surface area contributed by atoms with Crippen molar-refractivity contribution in [3.05, 3.63) is 85.1 Å². The van der Waals surface area contributed by atoms with Crippen LogP contribution in [-0.4, -0.2) is 37.2 Å². The Balaban J connectivity index is 4.37. The molecule has 0 aliphatic heterocycles. The van der Waals surface area contributed by atoms with Gasteiger partial charge in [0.05, 0.1) is 0 Å². The molecule has 0 aromatic heterocycles. The van der Waals surface area contributed by atoms with Gasteiger partial charge in [0.25, 0.3) is 0 Å². The highest BCUT2D eigenvalue weighted by Crippen LogP contribution is 2.15. The first-order chi connectivity index (χ1) is 33.0. The molecule has 384 valence electrons. The monoisotopic (exact) mass is 933 g/mol. The van der Waals surface area contributed by atoms with Gasteiger partial charge in [-0.1, -0.05) is 234 Å². The van der Waals surface area contributed by atoms with Crippen LogP contribution in [0.2, 0.25) is 0 Å². The topological polar surface area (TPSA) is 78.9 Å². The third-order valence-corrected chi connectivity index (χ3v) is 11.9. The van der Waals surface area contributed by atoms with Crippen LogP contribution in [0.3, 0.4) is 0 Å². The number of hydrogen-bond acceptors (Lipinski definition) is 6. The molecule has 1 atom stereocenters. The molecule has 0 aliphatic carbocycles. The number of esters is 3. The summed E-state index contributed by atoms with van der Waals surface area (Å²) >= 11 is 0. The summed E-state index contributed by atoms with van der Waals surface area (Å²) in [7, 11) is 0. The van der Waals surface area contributed by atoms with E-state index >= 15 is 0 Å². The predicted octanol–water partition coefficient (Wildman–Crippen LogP) is 18.8. The zero-order valence-corrected chi connectivity index (χ0v) is 43.9. The van der Waals surface area contributed by atoms with Crippen LogP contribution in [0.4, 0.5) is 0 Å². The lowest BCUT2D eigenvalue weighted by Crippen LogP contribution is -2.30. The molecule has 0 aliphatic rings. The van der Waals surface area contributed by atoms with E-state index in [0.717, 1.165) is 96.3 Å². The van der Waals surface area contributed by atoms with Gasteiger partial charge in [0.1, 0.15) is 13.2 Å². The van der Waals surface area contributed by atoms with Gasteiger partial charge in [-0.25, -0.2) is 0 Å². The number of hydrogen-bond donors (Lipinski definition) is 0. The van der Waals surface area contributed by atoms with Crippen LogP contribution in [-0.2, 0) is 28.6 Å². The van der Waals surface area contributed by atoms with E-state index in [1.165, 1.54) is 128 Å². The van der Waals surface area contributed by atoms with Gasteiger partial charge in [-0.2, -0.15) is 0 Å². The highest BCUT2D eigenvalue weighted by atomic mass is 16.6. The molecule has 0 N–H and O–H groups in total. The molecule has 0 saturated heterocycles. The van der Waals surface area contributed by atoms with Gasteiger partial charge >= 0.3 is 17.9 Å². The summed E-state index contributed by atoms with van der Waals surface area (Å²) in [4.78, 5) is 38.0. The van der Waals surface area contributed by atoms with Gasteiger partial charge in [0, 0.05) is 19.3 Å². The highest BCUT2D eigenvalue weighted by molar-refractivity contribution is 5.71. The largest absolute Gasteiger partial charge is 0.462 e. The minimum absolute atomic E-state index is 0.0898. The number of unbranched alkanes of at least 4 members (excludes halogenated alkanes) is 25. The molecule has 0 rings (SSSR count). The van der Waals surface area contributed by atoms with Gasteiger partial charge < -0.3 is 14.2 Å². The maximum absolute atomic E-state index is 12.8. The zero-order chi connectivity index (χ0) is 48.6. The molecular formula is C61H104O6. The van der Waals surface area contributed by atoms with Crippen molar-refractivity contribution in [3.8, 4) is 0 Å². The van der Waals surface area contributed by atoms with E-state index in [9.17, 15) is 14.4 Å². The Kier molecular flexibility index (Phi) is 52.4. The van der Waals surface area contributed by atoms with Crippen LogP contribution in [0.5, 0.6) is 0 Å². The van der Waals surface area contributed by atoms with Crippen molar-refractivity contribution in [2.45, 2.75) is 271 Å². The molecule has 0 aromatic rings. The Hall–Kier alpha value is -3.41. The van der Waals surface area contributed by atoms with Crippen molar-refractivity contribution >= 4 is 17.9 Å². The lowest BCUT2D eigenvalue weighted by Gasteiger charge is -2.18. The number of carbonyl (C=O) groups excluding carboxylic acids is 3. The second-order valence-electron chi connectivity index (χ2n) is 18.5. The average molecular weight is 933 g/mol. The number of carbonyl (C=O) groups is 3. The Labute approximate surface area is 414 Å². The molecule has 6 nitrogen and oxygen atoms in total. The van der Waals surface area contributed by atoms with Gasteiger partial charge in [0.2, 0.25) is 0 Å². The van der Waals surface area contributed by atoms with Crippen LogP contribution >= 0.6 is 0 Å². The number of ether oxygens (including phenoxy) is 3. The van der Waals surface area contributed by atoms with Crippen LogP contribution in [0.15, 0.2) is 85.1 Å². The van der Waals surface area contributed by atoms with Crippen LogP contribution in [0, 0.1) is 0 Å². The smallest absolute Gasteiger partial charge is 0.306 e. The van der Waals surface area contributed by atoms with Gasteiger partial charge in [-0.05, 0) is 96.3 Å². The lowest BCUT2D eigenvalue weighted by molar-refractivity contribution is -0.167. The first-order valence-electron chi connectivity index (χ1n) is 28.1. The summed E-state index contributed by atoms with van der Waals surface area (Å²) in [6.45, 7) is 6.47. The SMILES string of the molecule is CC/C=C\C/C=C\C/C=C\C/C=C\C/C=C\C/C=C\CCCCC(=O)OCC(COC(=O)CCCCCCCCCCC)OC(=O)CCCCCCCCCCC/C=C\CCCCCCCC. The predicted molar refractivity (Wildman–Crippen MR) is 288 cm³/mol. The van der Waals surface area contributed by atoms with Crippen molar-refractivity contribution in [1.29, 1.82) is 0 Å². The molecule has 67 heavy (non-hydrogen) atoms. The molecule has 0 spiro atoms. The van der Waals surface area contributed by atoms with E-state index in [2.05, 4.69) is 106 Å². The molecule has 0 heterocycles. The quantitative estimate of drug-likeness (QED) is 0.0262. The first-order valence-corrected chi connectivity index (χ1v) is 28.1. The van der Waals surface area contributed by atoms with E-state index in [-0.39, 0.29) is 31.1 Å². The average Bonchev–Trinajstić information content (AvgIpc) is 3.33. The maximum Gasteiger partial charge on any atom is 0.306 e. The highest BCUT2D eigenvalue weighted by Gasteiger charge is 2.19. The van der Waals surface area contributed by atoms with Gasteiger partial charge in [0.15, 0.2) is 6.10 Å². The van der Waals surface area contributed by atoms with E-state index < -0.39 is 6.10 Å². The van der Waals surface area contributed by atoms with Crippen molar-refractivity contribution in [2.24, 2.45) is 0 Å². The molecule has 1 unspecified atom stereocenters. The number of allylic oxidation sites excluding steroid dienone is 14. The van der Waals surface area contributed by atoms with E-state index in [1.807, 2.05) is 0 Å². The van der Waals surface area contributed by atoms with Crippen molar-refractivity contribution < 1.29 is 28.6 Å². The first kappa shape index (κ1) is 63.6. The minimum atomic E-state index is -0.793. The summed E-state index contributed by atoms with van der Waals surface area (Å²) in [6.07, 6.45) is 71.5.